The summed E-state index contributed by atoms with van der Waals surface area (Å²) in [5, 5.41) is 9.42. The fourth-order valence-electron chi connectivity index (χ4n) is 2.89. The highest BCUT2D eigenvalue weighted by Gasteiger charge is 2.11. The first-order valence-corrected chi connectivity index (χ1v) is 8.33. The van der Waals surface area contributed by atoms with E-state index in [9.17, 15) is 5.11 Å². The Kier molecular flexibility index (Phi) is 5.82. The third-order valence-corrected chi connectivity index (χ3v) is 4.10. The van der Waals surface area contributed by atoms with Gasteiger partial charge in [0.2, 0.25) is 0 Å². The minimum absolute atomic E-state index is 0.125. The largest absolute Gasteiger partial charge is 0.497 e. The molecule has 3 rings (SSSR count). The molecule has 0 amide bonds. The number of rotatable bonds is 8. The summed E-state index contributed by atoms with van der Waals surface area (Å²) in [6.45, 7) is 2.22. The van der Waals surface area contributed by atoms with Crippen molar-refractivity contribution < 1.29 is 9.84 Å². The summed E-state index contributed by atoms with van der Waals surface area (Å²) in [4.78, 5) is 6.38. The Balaban J connectivity index is 1.80. The SMILES string of the molecule is COc1cccc(-n2cccc2CN(CCO)Cc2cccnc2)c1. The maximum Gasteiger partial charge on any atom is 0.120 e. The fraction of sp³-hybridized carbons (Fsp3) is 0.250. The standard InChI is InChI=1S/C20H23N3O2/c1-25-20-8-2-6-18(13-20)23-10-4-7-19(23)16-22(11-12-24)15-17-5-3-9-21-14-17/h2-10,13-14,24H,11-12,15-16H2,1H3. The van der Waals surface area contributed by atoms with Crippen LogP contribution in [0, 0.1) is 0 Å². The van der Waals surface area contributed by atoms with Gasteiger partial charge in [0.25, 0.3) is 0 Å². The average Bonchev–Trinajstić information content (AvgIpc) is 3.11. The summed E-state index contributed by atoms with van der Waals surface area (Å²) in [5.41, 5.74) is 3.35. The molecule has 0 atom stereocenters. The second kappa shape index (κ2) is 8.46. The normalized spacial score (nSPS) is 11.0. The number of hydrogen-bond acceptors (Lipinski definition) is 4. The van der Waals surface area contributed by atoms with Gasteiger partial charge in [-0.25, -0.2) is 0 Å². The van der Waals surface area contributed by atoms with Crippen LogP contribution in [0.1, 0.15) is 11.3 Å². The van der Waals surface area contributed by atoms with Crippen molar-refractivity contribution in [2.45, 2.75) is 13.1 Å². The Morgan fingerprint density at radius 3 is 2.80 bits per heavy atom. The number of aliphatic hydroxyl groups is 1. The highest BCUT2D eigenvalue weighted by molar-refractivity contribution is 5.41. The van der Waals surface area contributed by atoms with Gasteiger partial charge in [-0.3, -0.25) is 9.88 Å². The first-order chi connectivity index (χ1) is 12.3. The second-order valence-electron chi connectivity index (χ2n) is 5.87. The lowest BCUT2D eigenvalue weighted by Gasteiger charge is -2.22. The Bertz CT molecular complexity index is 786. The molecule has 2 heterocycles. The minimum Gasteiger partial charge on any atom is -0.497 e. The van der Waals surface area contributed by atoms with Gasteiger partial charge in [0.05, 0.1) is 13.7 Å². The Morgan fingerprint density at radius 2 is 2.04 bits per heavy atom. The maximum atomic E-state index is 9.42. The molecule has 0 bridgehead atoms. The van der Waals surface area contributed by atoms with E-state index in [0.29, 0.717) is 6.54 Å². The zero-order chi connectivity index (χ0) is 17.5. The predicted molar refractivity (Wildman–Crippen MR) is 97.8 cm³/mol. The quantitative estimate of drug-likeness (QED) is 0.687. The number of hydrogen-bond donors (Lipinski definition) is 1. The van der Waals surface area contributed by atoms with Crippen molar-refractivity contribution in [3.63, 3.8) is 0 Å². The number of methoxy groups -OCH3 is 1. The molecule has 0 saturated heterocycles. The molecule has 1 aromatic carbocycles. The average molecular weight is 337 g/mol. The van der Waals surface area contributed by atoms with E-state index in [1.807, 2.05) is 42.7 Å². The molecule has 2 aromatic heterocycles. The van der Waals surface area contributed by atoms with E-state index >= 15 is 0 Å². The molecule has 3 aromatic rings. The van der Waals surface area contributed by atoms with Gasteiger partial charge in [-0.05, 0) is 35.9 Å². The fourth-order valence-corrected chi connectivity index (χ4v) is 2.89. The molecule has 0 saturated carbocycles. The van der Waals surface area contributed by atoms with Crippen molar-refractivity contribution >= 4 is 0 Å². The smallest absolute Gasteiger partial charge is 0.120 e. The zero-order valence-corrected chi connectivity index (χ0v) is 14.4. The molecule has 5 heteroatoms. The van der Waals surface area contributed by atoms with Gasteiger partial charge in [0, 0.05) is 55.7 Å². The van der Waals surface area contributed by atoms with Crippen molar-refractivity contribution in [2.75, 3.05) is 20.3 Å². The lowest BCUT2D eigenvalue weighted by Crippen LogP contribution is -2.27. The van der Waals surface area contributed by atoms with Crippen LogP contribution >= 0.6 is 0 Å². The van der Waals surface area contributed by atoms with E-state index in [4.69, 9.17) is 4.74 Å². The minimum atomic E-state index is 0.125. The highest BCUT2D eigenvalue weighted by Crippen LogP contribution is 2.20. The first-order valence-electron chi connectivity index (χ1n) is 8.33. The lowest BCUT2D eigenvalue weighted by molar-refractivity contribution is 0.182. The van der Waals surface area contributed by atoms with E-state index in [0.717, 1.165) is 35.8 Å². The maximum absolute atomic E-state index is 9.42. The molecule has 0 aliphatic carbocycles. The molecule has 0 unspecified atom stereocenters. The van der Waals surface area contributed by atoms with Crippen LogP contribution in [0.25, 0.3) is 5.69 Å². The van der Waals surface area contributed by atoms with E-state index in [-0.39, 0.29) is 6.61 Å². The van der Waals surface area contributed by atoms with Gasteiger partial charge in [-0.1, -0.05) is 12.1 Å². The molecule has 1 N–H and O–H groups in total. The van der Waals surface area contributed by atoms with Gasteiger partial charge in [0.15, 0.2) is 0 Å². The number of aliphatic hydroxyl groups excluding tert-OH is 1. The van der Waals surface area contributed by atoms with Gasteiger partial charge < -0.3 is 14.4 Å². The van der Waals surface area contributed by atoms with Crippen LogP contribution < -0.4 is 4.74 Å². The molecule has 0 radical (unpaired) electrons. The second-order valence-corrected chi connectivity index (χ2v) is 5.87. The molecular formula is C20H23N3O2. The molecule has 0 spiro atoms. The number of pyridine rings is 1. The molecule has 0 aliphatic heterocycles. The molecule has 0 aliphatic rings. The number of nitrogens with zero attached hydrogens (tertiary/aromatic N) is 3. The third kappa shape index (κ3) is 4.47. The van der Waals surface area contributed by atoms with Gasteiger partial charge in [0.1, 0.15) is 5.75 Å². The van der Waals surface area contributed by atoms with Crippen LogP contribution in [0.4, 0.5) is 0 Å². The summed E-state index contributed by atoms with van der Waals surface area (Å²) in [5.74, 6) is 0.833. The first kappa shape index (κ1) is 17.2. The monoisotopic (exact) mass is 337 g/mol. The summed E-state index contributed by atoms with van der Waals surface area (Å²) in [6.07, 6.45) is 5.69. The van der Waals surface area contributed by atoms with Gasteiger partial charge >= 0.3 is 0 Å². The van der Waals surface area contributed by atoms with Gasteiger partial charge in [-0.2, -0.15) is 0 Å². The zero-order valence-electron chi connectivity index (χ0n) is 14.4. The van der Waals surface area contributed by atoms with Crippen LogP contribution in [0.3, 0.4) is 0 Å². The van der Waals surface area contributed by atoms with Crippen molar-refractivity contribution in [1.82, 2.24) is 14.5 Å². The highest BCUT2D eigenvalue weighted by atomic mass is 16.5. The number of benzene rings is 1. The van der Waals surface area contributed by atoms with Crippen LogP contribution in [0.5, 0.6) is 5.75 Å². The molecule has 5 nitrogen and oxygen atoms in total. The summed E-state index contributed by atoms with van der Waals surface area (Å²) >= 11 is 0. The molecule has 25 heavy (non-hydrogen) atoms. The Labute approximate surface area is 148 Å². The van der Waals surface area contributed by atoms with Crippen LogP contribution in [-0.4, -0.2) is 39.8 Å². The van der Waals surface area contributed by atoms with Crippen molar-refractivity contribution in [3.05, 3.63) is 78.4 Å². The summed E-state index contributed by atoms with van der Waals surface area (Å²) in [6, 6.07) is 16.1. The van der Waals surface area contributed by atoms with Crippen LogP contribution in [-0.2, 0) is 13.1 Å². The van der Waals surface area contributed by atoms with Gasteiger partial charge in [-0.15, -0.1) is 0 Å². The molecule has 0 fully saturated rings. The summed E-state index contributed by atoms with van der Waals surface area (Å²) < 4.78 is 7.48. The van der Waals surface area contributed by atoms with Crippen molar-refractivity contribution in [2.24, 2.45) is 0 Å². The Morgan fingerprint density at radius 1 is 1.12 bits per heavy atom. The molecular weight excluding hydrogens is 314 g/mol. The van der Waals surface area contributed by atoms with E-state index in [2.05, 4.69) is 32.7 Å². The van der Waals surface area contributed by atoms with E-state index < -0.39 is 0 Å². The van der Waals surface area contributed by atoms with E-state index in [1.165, 1.54) is 0 Å². The Hall–Kier alpha value is -2.63. The third-order valence-electron chi connectivity index (χ3n) is 4.10. The van der Waals surface area contributed by atoms with Crippen molar-refractivity contribution in [3.8, 4) is 11.4 Å². The number of aromatic nitrogens is 2. The molecule has 130 valence electrons. The summed E-state index contributed by atoms with van der Waals surface area (Å²) in [7, 11) is 1.67. The number of ether oxygens (including phenoxy) is 1. The topological polar surface area (TPSA) is 50.5 Å². The predicted octanol–water partition coefficient (Wildman–Crippen LogP) is 2.88. The van der Waals surface area contributed by atoms with Crippen molar-refractivity contribution in [1.29, 1.82) is 0 Å². The van der Waals surface area contributed by atoms with Crippen LogP contribution in [0.15, 0.2) is 67.1 Å². The lowest BCUT2D eigenvalue weighted by atomic mass is 10.2. The van der Waals surface area contributed by atoms with Crippen LogP contribution in [0.2, 0.25) is 0 Å². The van der Waals surface area contributed by atoms with E-state index in [1.54, 1.807) is 13.3 Å².